The molecule has 0 heterocycles. The molecule has 1 atom stereocenters. The molecule has 0 saturated carbocycles. The molecule has 0 aliphatic carbocycles. The Morgan fingerprint density at radius 2 is 1.81 bits per heavy atom. The van der Waals surface area contributed by atoms with Gasteiger partial charge < -0.3 is 10.5 Å². The minimum Gasteiger partial charge on any atom is -0.406 e. The molecule has 0 saturated heterocycles. The summed E-state index contributed by atoms with van der Waals surface area (Å²) in [7, 11) is 0. The fraction of sp³-hybridized carbons (Fsp3) is 0.200. The van der Waals surface area contributed by atoms with E-state index in [1.165, 1.54) is 18.2 Å². The van der Waals surface area contributed by atoms with E-state index in [-0.39, 0.29) is 5.75 Å². The van der Waals surface area contributed by atoms with E-state index in [1.807, 2.05) is 13.0 Å². The summed E-state index contributed by atoms with van der Waals surface area (Å²) in [6.45, 7) is 1.87. The van der Waals surface area contributed by atoms with Crippen LogP contribution in [-0.4, -0.2) is 6.36 Å². The topological polar surface area (TPSA) is 35.2 Å². The first-order valence-electron chi connectivity index (χ1n) is 6.13. The Kier molecular flexibility index (Phi) is 4.44. The maximum absolute atomic E-state index is 12.2. The van der Waals surface area contributed by atoms with Gasteiger partial charge in [0.15, 0.2) is 0 Å². The van der Waals surface area contributed by atoms with Crippen LogP contribution in [0.25, 0.3) is 0 Å². The third-order valence-corrected chi connectivity index (χ3v) is 3.09. The van der Waals surface area contributed by atoms with Gasteiger partial charge >= 0.3 is 6.36 Å². The van der Waals surface area contributed by atoms with Crippen molar-refractivity contribution < 1.29 is 17.9 Å². The van der Waals surface area contributed by atoms with Crippen LogP contribution in [0.4, 0.5) is 13.2 Å². The Morgan fingerprint density at radius 3 is 2.43 bits per heavy atom. The van der Waals surface area contributed by atoms with Crippen LogP contribution < -0.4 is 10.5 Å². The lowest BCUT2D eigenvalue weighted by molar-refractivity contribution is -0.274. The molecule has 2 aromatic rings. The van der Waals surface area contributed by atoms with E-state index in [0.29, 0.717) is 10.6 Å². The van der Waals surface area contributed by atoms with Crippen LogP contribution in [0, 0.1) is 6.92 Å². The van der Waals surface area contributed by atoms with Crippen molar-refractivity contribution in [2.45, 2.75) is 19.3 Å². The van der Waals surface area contributed by atoms with Crippen LogP contribution in [0.3, 0.4) is 0 Å². The Balaban J connectivity index is 2.30. The highest BCUT2D eigenvalue weighted by Crippen LogP contribution is 2.28. The second-order valence-corrected chi connectivity index (χ2v) is 5.10. The molecule has 0 aromatic heterocycles. The molecule has 0 aliphatic heterocycles. The van der Waals surface area contributed by atoms with E-state index in [2.05, 4.69) is 4.74 Å². The summed E-state index contributed by atoms with van der Waals surface area (Å²) in [5.74, 6) is -0.297. The normalized spacial score (nSPS) is 13.0. The van der Waals surface area contributed by atoms with Crippen LogP contribution in [0.5, 0.6) is 5.75 Å². The van der Waals surface area contributed by atoms with Gasteiger partial charge in [-0.05, 0) is 47.9 Å². The monoisotopic (exact) mass is 315 g/mol. The van der Waals surface area contributed by atoms with E-state index < -0.39 is 12.4 Å². The first-order chi connectivity index (χ1) is 9.74. The van der Waals surface area contributed by atoms with E-state index in [4.69, 9.17) is 17.3 Å². The number of hydrogen-bond donors (Lipinski definition) is 1. The molecule has 0 fully saturated rings. The van der Waals surface area contributed by atoms with Gasteiger partial charge in [0, 0.05) is 5.02 Å². The van der Waals surface area contributed by atoms with Gasteiger partial charge in [0.25, 0.3) is 0 Å². The number of alkyl halides is 3. The summed E-state index contributed by atoms with van der Waals surface area (Å²) in [4.78, 5) is 0. The molecule has 0 spiro atoms. The molecule has 0 radical (unpaired) electrons. The van der Waals surface area contributed by atoms with Crippen LogP contribution in [0.2, 0.25) is 5.02 Å². The molecule has 6 heteroatoms. The summed E-state index contributed by atoms with van der Waals surface area (Å²) >= 11 is 5.97. The maximum Gasteiger partial charge on any atom is 0.573 e. The van der Waals surface area contributed by atoms with Crippen molar-refractivity contribution in [2.24, 2.45) is 5.73 Å². The highest BCUT2D eigenvalue weighted by atomic mass is 35.5. The van der Waals surface area contributed by atoms with Crippen molar-refractivity contribution in [3.8, 4) is 5.75 Å². The molecule has 0 bridgehead atoms. The number of ether oxygens (including phenoxy) is 1. The number of aryl methyl sites for hydroxylation is 1. The lowest BCUT2D eigenvalue weighted by Crippen LogP contribution is -2.18. The molecule has 21 heavy (non-hydrogen) atoms. The third-order valence-electron chi connectivity index (χ3n) is 2.87. The van der Waals surface area contributed by atoms with E-state index in [1.54, 1.807) is 18.2 Å². The number of benzene rings is 2. The van der Waals surface area contributed by atoms with E-state index in [9.17, 15) is 13.2 Å². The smallest absolute Gasteiger partial charge is 0.406 e. The zero-order valence-electron chi connectivity index (χ0n) is 11.1. The predicted octanol–water partition coefficient (Wildman–Crippen LogP) is 4.60. The van der Waals surface area contributed by atoms with Crippen molar-refractivity contribution in [1.82, 2.24) is 0 Å². The third kappa shape index (κ3) is 4.37. The molecule has 2 N–H and O–H groups in total. The number of nitrogens with two attached hydrogens (primary N) is 1. The van der Waals surface area contributed by atoms with Crippen molar-refractivity contribution in [3.63, 3.8) is 0 Å². The number of hydrogen-bond acceptors (Lipinski definition) is 2. The highest BCUT2D eigenvalue weighted by molar-refractivity contribution is 6.30. The zero-order valence-corrected chi connectivity index (χ0v) is 11.9. The van der Waals surface area contributed by atoms with Crippen molar-refractivity contribution in [1.29, 1.82) is 0 Å². The standard InChI is InChI=1S/C15H13ClF3NO/c1-9-5-11(7-12(16)6-9)14(20)10-3-2-4-13(8-10)21-15(17,18)19/h2-8,14H,20H2,1H3. The van der Waals surface area contributed by atoms with Gasteiger partial charge in [0.2, 0.25) is 0 Å². The summed E-state index contributed by atoms with van der Waals surface area (Å²) in [6.07, 6.45) is -4.73. The molecule has 112 valence electrons. The number of halogens is 4. The first kappa shape index (κ1) is 15.7. The van der Waals surface area contributed by atoms with Gasteiger partial charge in [0.05, 0.1) is 6.04 Å². The fourth-order valence-corrected chi connectivity index (χ4v) is 2.34. The Morgan fingerprint density at radius 1 is 1.10 bits per heavy atom. The fourth-order valence-electron chi connectivity index (χ4n) is 2.04. The summed E-state index contributed by atoms with van der Waals surface area (Å²) in [5.41, 5.74) is 8.26. The van der Waals surface area contributed by atoms with Crippen molar-refractivity contribution >= 4 is 11.6 Å². The van der Waals surface area contributed by atoms with Crippen LogP contribution in [0.1, 0.15) is 22.7 Å². The molecular formula is C15H13ClF3NO. The molecule has 0 aliphatic rings. The minimum absolute atomic E-state index is 0.297. The van der Waals surface area contributed by atoms with Crippen LogP contribution in [-0.2, 0) is 0 Å². The Hall–Kier alpha value is -1.72. The summed E-state index contributed by atoms with van der Waals surface area (Å²) < 4.78 is 40.6. The van der Waals surface area contributed by atoms with Gasteiger partial charge in [-0.25, -0.2) is 0 Å². The largest absolute Gasteiger partial charge is 0.573 e. The molecule has 2 nitrogen and oxygen atoms in total. The Labute approximate surface area is 125 Å². The summed E-state index contributed by atoms with van der Waals surface area (Å²) in [5, 5.41) is 0.531. The second kappa shape index (κ2) is 5.95. The molecule has 0 amide bonds. The average molecular weight is 316 g/mol. The van der Waals surface area contributed by atoms with Crippen LogP contribution >= 0.6 is 11.6 Å². The number of rotatable bonds is 3. The van der Waals surface area contributed by atoms with E-state index >= 15 is 0 Å². The van der Waals surface area contributed by atoms with Gasteiger partial charge in [-0.2, -0.15) is 0 Å². The highest BCUT2D eigenvalue weighted by Gasteiger charge is 2.31. The maximum atomic E-state index is 12.2. The SMILES string of the molecule is Cc1cc(Cl)cc(C(N)c2cccc(OC(F)(F)F)c2)c1. The van der Waals surface area contributed by atoms with E-state index in [0.717, 1.165) is 11.1 Å². The van der Waals surface area contributed by atoms with Crippen LogP contribution in [0.15, 0.2) is 42.5 Å². The van der Waals surface area contributed by atoms with Gasteiger partial charge in [-0.3, -0.25) is 0 Å². The quantitative estimate of drug-likeness (QED) is 0.898. The lowest BCUT2D eigenvalue weighted by atomic mass is 9.98. The second-order valence-electron chi connectivity index (χ2n) is 4.66. The van der Waals surface area contributed by atoms with Gasteiger partial charge in [-0.1, -0.05) is 29.8 Å². The summed E-state index contributed by atoms with van der Waals surface area (Å²) in [6, 6.07) is 10.3. The minimum atomic E-state index is -4.73. The average Bonchev–Trinajstić information content (AvgIpc) is 2.35. The molecular weight excluding hydrogens is 303 g/mol. The molecule has 2 aromatic carbocycles. The first-order valence-corrected chi connectivity index (χ1v) is 6.51. The molecule has 1 unspecified atom stereocenters. The van der Waals surface area contributed by atoms with Gasteiger partial charge in [0.1, 0.15) is 5.75 Å². The lowest BCUT2D eigenvalue weighted by Gasteiger charge is -2.16. The van der Waals surface area contributed by atoms with Crippen molar-refractivity contribution in [3.05, 3.63) is 64.2 Å². The molecule has 2 rings (SSSR count). The van der Waals surface area contributed by atoms with Gasteiger partial charge in [-0.15, -0.1) is 13.2 Å². The predicted molar refractivity (Wildman–Crippen MR) is 75.3 cm³/mol. The Bertz CT molecular complexity index is 623. The van der Waals surface area contributed by atoms with Crippen molar-refractivity contribution in [2.75, 3.05) is 0 Å². The zero-order chi connectivity index (χ0) is 15.6.